The summed E-state index contributed by atoms with van der Waals surface area (Å²) in [4.78, 5) is 29.2. The SMILES string of the molecule is CN(Cc1ccn[nH]1)Cc1ccc2n(c1=O)C[C@H]1C[C@@H]2CN(Cc2c[nH]c(C#N)c2)C1.O=CO. The number of H-pyrrole nitrogens is 2. The smallest absolute Gasteiger partial charge is 0.290 e. The quantitative estimate of drug-likeness (QED) is 0.474. The van der Waals surface area contributed by atoms with Crippen molar-refractivity contribution >= 4 is 6.47 Å². The van der Waals surface area contributed by atoms with E-state index in [9.17, 15) is 4.79 Å². The number of nitriles is 1. The van der Waals surface area contributed by atoms with Crippen molar-refractivity contribution in [2.45, 2.75) is 38.5 Å². The Bertz CT molecular complexity index is 1210. The first-order valence-electron chi connectivity index (χ1n) is 11.3. The minimum Gasteiger partial charge on any atom is -0.483 e. The average Bonchev–Trinajstić information content (AvgIpc) is 3.48. The highest BCUT2D eigenvalue weighted by Gasteiger charge is 2.35. The van der Waals surface area contributed by atoms with Crippen LogP contribution in [0.5, 0.6) is 0 Å². The molecule has 0 aromatic carbocycles. The van der Waals surface area contributed by atoms with Crippen molar-refractivity contribution in [3.63, 3.8) is 0 Å². The second-order valence-electron chi connectivity index (χ2n) is 9.08. The molecule has 0 saturated carbocycles. The van der Waals surface area contributed by atoms with Gasteiger partial charge in [-0.05, 0) is 43.1 Å². The van der Waals surface area contributed by atoms with Gasteiger partial charge in [-0.3, -0.25) is 24.5 Å². The molecule has 1 fully saturated rings. The lowest BCUT2D eigenvalue weighted by atomic mass is 9.83. The zero-order valence-electron chi connectivity index (χ0n) is 19.1. The molecule has 3 N–H and O–H groups in total. The summed E-state index contributed by atoms with van der Waals surface area (Å²) >= 11 is 0. The third-order valence-electron chi connectivity index (χ3n) is 6.47. The molecule has 1 saturated heterocycles. The van der Waals surface area contributed by atoms with Crippen molar-refractivity contribution in [2.75, 3.05) is 20.1 Å². The number of pyridine rings is 1. The Labute approximate surface area is 197 Å². The molecule has 10 heteroatoms. The molecule has 5 rings (SSSR count). The van der Waals surface area contributed by atoms with Crippen LogP contribution in [0.4, 0.5) is 0 Å². The Morgan fingerprint density at radius 3 is 2.82 bits per heavy atom. The van der Waals surface area contributed by atoms with E-state index in [0.29, 0.717) is 24.1 Å². The second kappa shape index (κ2) is 10.5. The van der Waals surface area contributed by atoms with Crippen LogP contribution < -0.4 is 5.56 Å². The van der Waals surface area contributed by atoms with Crippen LogP contribution in [-0.2, 0) is 31.0 Å². The summed E-state index contributed by atoms with van der Waals surface area (Å²) in [6, 6.07) is 10.2. The number of piperidine rings is 1. The number of carboxylic acid groups (broad SMARTS) is 1. The molecular weight excluding hydrogens is 434 g/mol. The lowest BCUT2D eigenvalue weighted by Crippen LogP contribution is -2.47. The number of likely N-dealkylation sites (tertiary alicyclic amines) is 1. The average molecular weight is 464 g/mol. The van der Waals surface area contributed by atoms with Crippen LogP contribution >= 0.6 is 0 Å². The number of nitrogens with zero attached hydrogens (tertiary/aromatic N) is 5. The van der Waals surface area contributed by atoms with Crippen LogP contribution in [0.2, 0.25) is 0 Å². The standard InChI is InChI=1S/C23H27N7O.CH2O2/c1-28(15-20-4-5-26-27-20)13-18-2-3-22-19-6-17(12-30(22)23(18)31)11-29(14-19)10-16-7-21(8-24)25-9-16;2-1-3/h2-5,7,9,17,19,25H,6,10-15H2,1H3,(H,26,27);1H,(H,2,3)/t17-,19+;/m0./s1. The van der Waals surface area contributed by atoms with Crippen LogP contribution in [0.25, 0.3) is 0 Å². The van der Waals surface area contributed by atoms with Crippen LogP contribution in [-0.4, -0.2) is 61.3 Å². The van der Waals surface area contributed by atoms with Gasteiger partial charge in [-0.15, -0.1) is 0 Å². The summed E-state index contributed by atoms with van der Waals surface area (Å²) < 4.78 is 2.03. The van der Waals surface area contributed by atoms with Crippen molar-refractivity contribution in [2.24, 2.45) is 5.92 Å². The maximum Gasteiger partial charge on any atom is 0.290 e. The van der Waals surface area contributed by atoms with E-state index in [2.05, 4.69) is 37.1 Å². The van der Waals surface area contributed by atoms with Crippen LogP contribution in [0.3, 0.4) is 0 Å². The highest BCUT2D eigenvalue weighted by atomic mass is 16.3. The number of nitrogens with one attached hydrogen (secondary N) is 2. The highest BCUT2D eigenvalue weighted by molar-refractivity contribution is 5.32. The van der Waals surface area contributed by atoms with Crippen LogP contribution in [0.15, 0.2) is 41.5 Å². The molecule has 0 unspecified atom stereocenters. The molecule has 10 nitrogen and oxygen atoms in total. The Morgan fingerprint density at radius 1 is 1.29 bits per heavy atom. The predicted molar refractivity (Wildman–Crippen MR) is 125 cm³/mol. The third-order valence-corrected chi connectivity index (χ3v) is 6.47. The minimum absolute atomic E-state index is 0.154. The number of hydrogen-bond acceptors (Lipinski definition) is 6. The van der Waals surface area contributed by atoms with Crippen LogP contribution in [0.1, 0.15) is 40.5 Å². The van der Waals surface area contributed by atoms with E-state index in [4.69, 9.17) is 15.2 Å². The Morgan fingerprint density at radius 2 is 2.12 bits per heavy atom. The lowest BCUT2D eigenvalue weighted by Gasteiger charge is -2.43. The summed E-state index contributed by atoms with van der Waals surface area (Å²) in [5, 5.41) is 22.9. The van der Waals surface area contributed by atoms with Gasteiger partial charge in [-0.2, -0.15) is 10.4 Å². The lowest BCUT2D eigenvalue weighted by molar-refractivity contribution is -0.122. The van der Waals surface area contributed by atoms with Crippen LogP contribution in [0, 0.1) is 17.2 Å². The monoisotopic (exact) mass is 463 g/mol. The van der Waals surface area contributed by atoms with Gasteiger partial charge in [0.2, 0.25) is 0 Å². The largest absolute Gasteiger partial charge is 0.483 e. The van der Waals surface area contributed by atoms with Crippen molar-refractivity contribution in [1.82, 2.24) is 29.5 Å². The molecule has 5 heterocycles. The molecule has 0 spiro atoms. The van der Waals surface area contributed by atoms with Crippen molar-refractivity contribution < 1.29 is 9.90 Å². The molecule has 178 valence electrons. The number of fused-ring (bicyclic) bond motifs is 4. The molecule has 3 aromatic heterocycles. The van der Waals surface area contributed by atoms with Gasteiger partial charge in [0, 0.05) is 74.5 Å². The third kappa shape index (κ3) is 5.27. The van der Waals surface area contributed by atoms with Gasteiger partial charge in [0.1, 0.15) is 11.8 Å². The topological polar surface area (TPSA) is 134 Å². The Balaban J connectivity index is 0.000000868. The van der Waals surface area contributed by atoms with Gasteiger partial charge in [0.15, 0.2) is 0 Å². The first-order chi connectivity index (χ1) is 16.5. The fourth-order valence-corrected chi connectivity index (χ4v) is 5.20. The molecule has 2 atom stereocenters. The molecule has 2 aliphatic heterocycles. The Kier molecular flexibility index (Phi) is 7.25. The fraction of sp³-hybridized carbons (Fsp3) is 0.417. The Hall–Kier alpha value is -3.68. The van der Waals surface area contributed by atoms with E-state index in [1.54, 1.807) is 6.20 Å². The first kappa shape index (κ1) is 23.5. The number of hydrogen-bond donors (Lipinski definition) is 3. The van der Waals surface area contributed by atoms with Crippen molar-refractivity contribution in [3.8, 4) is 6.07 Å². The molecule has 2 bridgehead atoms. The van der Waals surface area contributed by atoms with E-state index in [-0.39, 0.29) is 12.0 Å². The van der Waals surface area contributed by atoms with Crippen molar-refractivity contribution in [3.05, 3.63) is 75.2 Å². The maximum atomic E-state index is 13.3. The van der Waals surface area contributed by atoms with E-state index >= 15 is 0 Å². The predicted octanol–water partition coefficient (Wildman–Crippen LogP) is 1.72. The fourth-order valence-electron chi connectivity index (χ4n) is 5.20. The number of aromatic nitrogens is 4. The molecule has 0 radical (unpaired) electrons. The summed E-state index contributed by atoms with van der Waals surface area (Å²) in [5.74, 6) is 0.864. The van der Waals surface area contributed by atoms with Gasteiger partial charge in [0.25, 0.3) is 12.0 Å². The van der Waals surface area contributed by atoms with Gasteiger partial charge in [-0.25, -0.2) is 0 Å². The normalized spacial score (nSPS) is 19.1. The molecule has 0 aliphatic carbocycles. The van der Waals surface area contributed by atoms with Gasteiger partial charge < -0.3 is 14.7 Å². The number of aromatic amines is 2. The maximum absolute atomic E-state index is 13.3. The van der Waals surface area contributed by atoms with E-state index in [0.717, 1.165) is 61.7 Å². The van der Waals surface area contributed by atoms with E-state index in [1.165, 1.54) is 0 Å². The molecule has 2 aliphatic rings. The van der Waals surface area contributed by atoms with Gasteiger partial charge in [-0.1, -0.05) is 6.07 Å². The zero-order valence-corrected chi connectivity index (χ0v) is 19.1. The molecule has 3 aromatic rings. The van der Waals surface area contributed by atoms with E-state index < -0.39 is 0 Å². The zero-order chi connectivity index (χ0) is 24.1. The first-order valence-corrected chi connectivity index (χ1v) is 11.3. The number of rotatable bonds is 6. The highest BCUT2D eigenvalue weighted by Crippen LogP contribution is 2.35. The minimum atomic E-state index is -0.250. The number of carbonyl (C=O) groups is 1. The molecule has 34 heavy (non-hydrogen) atoms. The molecule has 0 amide bonds. The molecular formula is C24H29N7O3. The van der Waals surface area contributed by atoms with Gasteiger partial charge in [0.05, 0.1) is 0 Å². The summed E-state index contributed by atoms with van der Waals surface area (Å²) in [6.45, 7) is 4.66. The van der Waals surface area contributed by atoms with Crippen molar-refractivity contribution in [1.29, 1.82) is 5.26 Å². The van der Waals surface area contributed by atoms with Gasteiger partial charge >= 0.3 is 0 Å². The summed E-state index contributed by atoms with van der Waals surface area (Å²) in [7, 11) is 2.02. The summed E-state index contributed by atoms with van der Waals surface area (Å²) in [6.07, 6.45) is 4.82. The second-order valence-corrected chi connectivity index (χ2v) is 9.08. The summed E-state index contributed by atoms with van der Waals surface area (Å²) in [5.41, 5.74) is 4.95. The van der Waals surface area contributed by atoms with E-state index in [1.807, 2.05) is 36.0 Å².